The molecule has 3 aromatic rings. The number of anilines is 1. The third-order valence-electron chi connectivity index (χ3n) is 3.87. The number of amides is 1. The van der Waals surface area contributed by atoms with E-state index in [9.17, 15) is 18.0 Å². The lowest BCUT2D eigenvalue weighted by Gasteiger charge is -2.07. The van der Waals surface area contributed by atoms with Gasteiger partial charge in [0, 0.05) is 0 Å². The van der Waals surface area contributed by atoms with Crippen molar-refractivity contribution in [1.82, 2.24) is 4.98 Å². The zero-order valence-electron chi connectivity index (χ0n) is 13.6. The zero-order chi connectivity index (χ0) is 19.0. The van der Waals surface area contributed by atoms with Crippen LogP contribution in [0.1, 0.15) is 4.88 Å². The number of hydrogen-bond acceptors (Lipinski definition) is 5. The van der Waals surface area contributed by atoms with Gasteiger partial charge in [0.25, 0.3) is 5.91 Å². The van der Waals surface area contributed by atoms with Crippen molar-refractivity contribution in [3.8, 4) is 0 Å². The van der Waals surface area contributed by atoms with E-state index in [1.54, 1.807) is 24.3 Å². The van der Waals surface area contributed by atoms with Crippen molar-refractivity contribution in [3.63, 3.8) is 0 Å². The lowest BCUT2D eigenvalue weighted by Crippen LogP contribution is -2.69. The molecule has 0 bridgehead atoms. The third-order valence-corrected chi connectivity index (χ3v) is 5.76. The summed E-state index contributed by atoms with van der Waals surface area (Å²) in [6, 6.07) is 10.8. The fourth-order valence-corrected chi connectivity index (χ4v) is 4.21. The number of nitrogens with zero attached hydrogens (tertiary/aromatic N) is 3. The van der Waals surface area contributed by atoms with Crippen LogP contribution in [0.25, 0.3) is 10.2 Å². The molecule has 2 aromatic heterocycles. The molecule has 1 N–H and O–H groups in total. The number of fused-ring (bicyclic) bond motifs is 1. The first-order valence-corrected chi connectivity index (χ1v) is 9.57. The van der Waals surface area contributed by atoms with Crippen LogP contribution in [0.2, 0.25) is 0 Å². The van der Waals surface area contributed by atoms with Gasteiger partial charge in [-0.2, -0.15) is 23.3 Å². The predicted molar refractivity (Wildman–Crippen MR) is 99.1 cm³/mol. The number of hydrogen-bond donors (Lipinski definition) is 1. The minimum atomic E-state index is -4.72. The van der Waals surface area contributed by atoms with E-state index in [0.29, 0.717) is 12.1 Å². The molecule has 1 aliphatic rings. The van der Waals surface area contributed by atoms with Crippen molar-refractivity contribution in [2.24, 2.45) is 11.0 Å². The van der Waals surface area contributed by atoms with Crippen molar-refractivity contribution in [3.05, 3.63) is 46.7 Å². The molecule has 10 heteroatoms. The number of benzene rings is 1. The van der Waals surface area contributed by atoms with Crippen LogP contribution in [0.3, 0.4) is 0 Å². The minimum Gasteiger partial charge on any atom is -0.271 e. The highest BCUT2D eigenvalue weighted by molar-refractivity contribution is 7.22. The summed E-state index contributed by atoms with van der Waals surface area (Å²) >= 11 is 2.60. The molecule has 3 heterocycles. The molecular formula is C17H12F3N4OS2+. The number of nitrogens with one attached hydrogen (secondary N) is 1. The number of rotatable bonds is 4. The lowest BCUT2D eigenvalue weighted by molar-refractivity contribution is -0.470. The van der Waals surface area contributed by atoms with Crippen molar-refractivity contribution in [1.29, 1.82) is 0 Å². The average Bonchev–Trinajstić information content (AvgIpc) is 3.33. The highest BCUT2D eigenvalue weighted by Gasteiger charge is 2.51. The maximum absolute atomic E-state index is 13.4. The normalized spacial score (nSPS) is 18.0. The Labute approximate surface area is 159 Å². The zero-order valence-corrected chi connectivity index (χ0v) is 15.2. The first-order valence-electron chi connectivity index (χ1n) is 7.88. The van der Waals surface area contributed by atoms with Crippen molar-refractivity contribution < 1.29 is 23.0 Å². The Morgan fingerprint density at radius 2 is 2.04 bits per heavy atom. The van der Waals surface area contributed by atoms with Gasteiger partial charge in [0.2, 0.25) is 5.13 Å². The third kappa shape index (κ3) is 3.50. The van der Waals surface area contributed by atoms with Crippen molar-refractivity contribution >= 4 is 55.9 Å². The number of hydrazone groups is 1. The monoisotopic (exact) mass is 409 g/mol. The molecule has 0 radical (unpaired) electrons. The Hall–Kier alpha value is -2.59. The maximum atomic E-state index is 13.4. The summed E-state index contributed by atoms with van der Waals surface area (Å²) in [5.74, 6) is -2.29. The molecule has 0 unspecified atom stereocenters. The molecule has 1 aliphatic heterocycles. The van der Waals surface area contributed by atoms with E-state index < -0.39 is 23.7 Å². The van der Waals surface area contributed by atoms with Crippen LogP contribution >= 0.6 is 22.7 Å². The molecule has 1 atom stereocenters. The van der Waals surface area contributed by atoms with Gasteiger partial charge in [0.15, 0.2) is 24.4 Å². The van der Waals surface area contributed by atoms with Crippen molar-refractivity contribution in [2.45, 2.75) is 12.7 Å². The molecule has 1 aromatic carbocycles. The molecule has 4 rings (SSSR count). The summed E-state index contributed by atoms with van der Waals surface area (Å²) in [4.78, 5) is 20.6. The number of thiophene rings is 1. The lowest BCUT2D eigenvalue weighted by atomic mass is 10.0. The van der Waals surface area contributed by atoms with Gasteiger partial charge in [0.1, 0.15) is 0 Å². The number of thiazole rings is 1. The average molecular weight is 409 g/mol. The number of aromatic nitrogens is 1. The number of carbonyl (C=O) groups is 1. The maximum Gasteiger partial charge on any atom is 0.432 e. The molecular weight excluding hydrogens is 397 g/mol. The van der Waals surface area contributed by atoms with Crippen LogP contribution in [-0.4, -0.2) is 29.0 Å². The molecule has 27 heavy (non-hydrogen) atoms. The highest BCUT2D eigenvalue weighted by atomic mass is 32.1. The quantitative estimate of drug-likeness (QED) is 0.674. The first-order chi connectivity index (χ1) is 12.9. The molecule has 5 nitrogen and oxygen atoms in total. The number of halogens is 3. The fraction of sp³-hybridized carbons (Fsp3) is 0.176. The Morgan fingerprint density at radius 3 is 2.74 bits per heavy atom. The Kier molecular flexibility index (Phi) is 4.52. The van der Waals surface area contributed by atoms with Crippen LogP contribution in [0.4, 0.5) is 18.3 Å². The van der Waals surface area contributed by atoms with Gasteiger partial charge in [0.05, 0.1) is 15.1 Å². The summed E-state index contributed by atoms with van der Waals surface area (Å²) in [6.07, 6.45) is -3.56. The van der Waals surface area contributed by atoms with Gasteiger partial charge in [-0.05, 0) is 23.6 Å². The first kappa shape index (κ1) is 17.8. The topological polar surface area (TPSA) is 59.5 Å². The predicted octanol–water partition coefficient (Wildman–Crippen LogP) is 2.59. The van der Waals surface area contributed by atoms with E-state index in [1.165, 1.54) is 11.3 Å². The molecule has 0 spiro atoms. The summed E-state index contributed by atoms with van der Waals surface area (Å²) < 4.78 is 41.0. The van der Waals surface area contributed by atoms with Crippen LogP contribution in [0, 0.1) is 5.92 Å². The van der Waals surface area contributed by atoms with Crippen LogP contribution in [0.15, 0.2) is 46.9 Å². The van der Waals surface area contributed by atoms with Crippen molar-refractivity contribution in [2.75, 3.05) is 5.01 Å². The summed E-state index contributed by atoms with van der Waals surface area (Å²) in [6.45, 7) is 0.341. The van der Waals surface area contributed by atoms with E-state index in [0.717, 1.165) is 32.1 Å². The van der Waals surface area contributed by atoms with Crippen LogP contribution in [0.5, 0.6) is 0 Å². The molecule has 138 valence electrons. The Morgan fingerprint density at radius 1 is 1.22 bits per heavy atom. The fourth-order valence-electron chi connectivity index (χ4n) is 2.63. The SMILES string of the molecule is O=C1[C@@H](C=[NH+]Cc2cccs2)C(C(F)(F)F)=NN1c1nc2ccccc2s1. The van der Waals surface area contributed by atoms with Crippen LogP contribution < -0.4 is 10.0 Å². The van der Waals surface area contributed by atoms with Gasteiger partial charge in [-0.1, -0.05) is 29.5 Å². The summed E-state index contributed by atoms with van der Waals surface area (Å²) in [7, 11) is 0. The highest BCUT2D eigenvalue weighted by Crippen LogP contribution is 2.34. The molecule has 0 fully saturated rings. The second-order valence-electron chi connectivity index (χ2n) is 5.70. The standard InChI is InChI=1S/C17H11F3N4OS2/c18-17(19,20)14-11(9-21-8-10-4-3-7-26-10)15(25)24(23-14)16-22-12-5-1-2-6-13(12)27-16/h1-7,9,11H,8H2/p+1/t11-/m0/s1. The van der Waals surface area contributed by atoms with Gasteiger partial charge >= 0.3 is 6.18 Å². The van der Waals surface area contributed by atoms with E-state index in [1.807, 2.05) is 17.5 Å². The second-order valence-corrected chi connectivity index (χ2v) is 7.74. The van der Waals surface area contributed by atoms with Gasteiger partial charge in [-0.25, -0.2) is 9.98 Å². The van der Waals surface area contributed by atoms with E-state index in [-0.39, 0.29) is 5.13 Å². The molecule has 0 saturated heterocycles. The second kappa shape index (κ2) is 6.86. The smallest absolute Gasteiger partial charge is 0.271 e. The Balaban J connectivity index is 1.64. The van der Waals surface area contributed by atoms with Crippen LogP contribution in [-0.2, 0) is 11.3 Å². The molecule has 1 amide bonds. The summed E-state index contributed by atoms with van der Waals surface area (Å²) in [5, 5.41) is 6.30. The van der Waals surface area contributed by atoms with E-state index in [2.05, 4.69) is 15.1 Å². The van der Waals surface area contributed by atoms with Gasteiger partial charge < -0.3 is 0 Å². The van der Waals surface area contributed by atoms with Gasteiger partial charge in [-0.3, -0.25) is 4.79 Å². The van der Waals surface area contributed by atoms with E-state index >= 15 is 0 Å². The van der Waals surface area contributed by atoms with Gasteiger partial charge in [-0.15, -0.1) is 11.3 Å². The number of carbonyl (C=O) groups excluding carboxylic acids is 1. The number of para-hydroxylation sites is 1. The van der Waals surface area contributed by atoms with E-state index in [4.69, 9.17) is 0 Å². The Bertz CT molecular complexity index is 1010. The molecule has 0 aliphatic carbocycles. The molecule has 0 saturated carbocycles. The summed E-state index contributed by atoms with van der Waals surface area (Å²) in [5.41, 5.74) is -0.539. The minimum absolute atomic E-state index is 0.122. The number of alkyl halides is 3. The largest absolute Gasteiger partial charge is 0.432 e.